The van der Waals surface area contributed by atoms with Crippen molar-refractivity contribution in [2.24, 2.45) is 5.92 Å². The van der Waals surface area contributed by atoms with Crippen LogP contribution in [0.5, 0.6) is 0 Å². The summed E-state index contributed by atoms with van der Waals surface area (Å²) in [6.45, 7) is 2.19. The monoisotopic (exact) mass is 332 g/mol. The van der Waals surface area contributed by atoms with Crippen LogP contribution < -0.4 is 5.32 Å². The second-order valence-electron chi connectivity index (χ2n) is 5.27. The molecule has 7 heteroatoms. The lowest BCUT2D eigenvalue weighted by atomic mass is 10.1. The minimum atomic E-state index is -3.54. The molecule has 21 heavy (non-hydrogen) atoms. The van der Waals surface area contributed by atoms with Crippen molar-refractivity contribution in [3.05, 3.63) is 28.8 Å². The highest BCUT2D eigenvalue weighted by Gasteiger charge is 2.33. The van der Waals surface area contributed by atoms with Gasteiger partial charge in [0.1, 0.15) is 4.90 Å². The van der Waals surface area contributed by atoms with Gasteiger partial charge in [-0.15, -0.1) is 0 Å². The van der Waals surface area contributed by atoms with Crippen molar-refractivity contribution in [1.82, 2.24) is 9.62 Å². The molecule has 1 aliphatic rings. The normalized spacial score (nSPS) is 20.0. The Hall–Kier alpha value is -0.660. The van der Waals surface area contributed by atoms with Crippen LogP contribution in [-0.2, 0) is 21.3 Å². The van der Waals surface area contributed by atoms with Gasteiger partial charge in [0.05, 0.1) is 11.6 Å². The average molecular weight is 333 g/mol. The van der Waals surface area contributed by atoms with E-state index < -0.39 is 10.0 Å². The van der Waals surface area contributed by atoms with Crippen molar-refractivity contribution in [1.29, 1.82) is 0 Å². The summed E-state index contributed by atoms with van der Waals surface area (Å²) in [7, 11) is -0.0911. The van der Waals surface area contributed by atoms with E-state index in [4.69, 9.17) is 16.3 Å². The molecule has 0 aliphatic carbocycles. The van der Waals surface area contributed by atoms with Gasteiger partial charge in [0.15, 0.2) is 0 Å². The molecule has 2 rings (SSSR count). The molecule has 0 saturated carbocycles. The number of halogens is 1. The maximum Gasteiger partial charge on any atom is 0.244 e. The minimum Gasteiger partial charge on any atom is -0.384 e. The molecule has 1 heterocycles. The molecule has 0 radical (unpaired) electrons. The van der Waals surface area contributed by atoms with Crippen LogP contribution >= 0.6 is 11.6 Å². The van der Waals surface area contributed by atoms with E-state index in [0.717, 1.165) is 12.0 Å². The minimum absolute atomic E-state index is 0.190. The third kappa shape index (κ3) is 3.76. The predicted octanol–water partition coefficient (Wildman–Crippen LogP) is 1.72. The van der Waals surface area contributed by atoms with Crippen molar-refractivity contribution in [2.75, 3.05) is 33.9 Å². The summed E-state index contributed by atoms with van der Waals surface area (Å²) < 4.78 is 32.1. The maximum atomic E-state index is 12.7. The predicted molar refractivity (Wildman–Crippen MR) is 83.0 cm³/mol. The zero-order valence-corrected chi connectivity index (χ0v) is 13.9. The Bertz CT molecular complexity index is 592. The van der Waals surface area contributed by atoms with Gasteiger partial charge in [-0.25, -0.2) is 8.42 Å². The molecule has 1 N–H and O–H groups in total. The number of hydrogen-bond donors (Lipinski definition) is 1. The van der Waals surface area contributed by atoms with Gasteiger partial charge in [0, 0.05) is 26.7 Å². The number of sulfonamides is 1. The van der Waals surface area contributed by atoms with E-state index in [-0.39, 0.29) is 15.8 Å². The molecular weight excluding hydrogens is 312 g/mol. The lowest BCUT2D eigenvalue weighted by Crippen LogP contribution is -2.29. The quantitative estimate of drug-likeness (QED) is 0.861. The summed E-state index contributed by atoms with van der Waals surface area (Å²) in [5.41, 5.74) is 0.896. The number of nitrogens with one attached hydrogen (secondary N) is 1. The van der Waals surface area contributed by atoms with Crippen LogP contribution in [0.2, 0.25) is 5.02 Å². The van der Waals surface area contributed by atoms with Crippen LogP contribution in [0.15, 0.2) is 23.1 Å². The fraction of sp³-hybridized carbons (Fsp3) is 0.571. The molecule has 1 unspecified atom stereocenters. The Morgan fingerprint density at radius 1 is 1.48 bits per heavy atom. The van der Waals surface area contributed by atoms with Crippen LogP contribution in [0.25, 0.3) is 0 Å². The molecule has 0 aromatic heterocycles. The Morgan fingerprint density at radius 2 is 2.24 bits per heavy atom. The average Bonchev–Trinajstić information content (AvgIpc) is 2.91. The maximum absolute atomic E-state index is 12.7. The van der Waals surface area contributed by atoms with Crippen molar-refractivity contribution >= 4 is 21.6 Å². The third-order valence-corrected chi connectivity index (χ3v) is 5.99. The molecule has 0 bridgehead atoms. The number of rotatable bonds is 6. The first-order valence-electron chi connectivity index (χ1n) is 6.91. The number of ether oxygens (including phenoxy) is 1. The zero-order valence-electron chi connectivity index (χ0n) is 12.3. The zero-order chi connectivity index (χ0) is 15.5. The summed E-state index contributed by atoms with van der Waals surface area (Å²) >= 11 is 6.11. The topological polar surface area (TPSA) is 58.6 Å². The molecule has 1 aromatic carbocycles. The van der Waals surface area contributed by atoms with Gasteiger partial charge in [-0.1, -0.05) is 17.7 Å². The van der Waals surface area contributed by atoms with Gasteiger partial charge in [0.2, 0.25) is 10.0 Å². The standard InChI is InChI=1S/C14H21ClN2O3S/c1-16-8-11-3-4-13(15)14(7-11)21(18,19)17-6-5-12(9-17)10-20-2/h3-4,7,12,16H,5-6,8-10H2,1-2H3. The second kappa shape index (κ2) is 7.07. The van der Waals surface area contributed by atoms with Crippen molar-refractivity contribution < 1.29 is 13.2 Å². The third-order valence-electron chi connectivity index (χ3n) is 3.65. The molecule has 5 nitrogen and oxygen atoms in total. The molecule has 118 valence electrons. The van der Waals surface area contributed by atoms with Gasteiger partial charge >= 0.3 is 0 Å². The molecule has 1 saturated heterocycles. The lowest BCUT2D eigenvalue weighted by Gasteiger charge is -2.18. The highest BCUT2D eigenvalue weighted by Crippen LogP contribution is 2.29. The Kier molecular flexibility index (Phi) is 5.62. The summed E-state index contributed by atoms with van der Waals surface area (Å²) in [4.78, 5) is 0.190. The number of benzene rings is 1. The highest BCUT2D eigenvalue weighted by molar-refractivity contribution is 7.89. The number of hydrogen-bond acceptors (Lipinski definition) is 4. The van der Waals surface area contributed by atoms with E-state index >= 15 is 0 Å². The fourth-order valence-corrected chi connectivity index (χ4v) is 4.64. The smallest absolute Gasteiger partial charge is 0.244 e. The molecular formula is C14H21ClN2O3S. The van der Waals surface area contributed by atoms with Gasteiger partial charge in [0.25, 0.3) is 0 Å². The lowest BCUT2D eigenvalue weighted by molar-refractivity contribution is 0.157. The molecule has 0 amide bonds. The van der Waals surface area contributed by atoms with E-state index in [0.29, 0.717) is 26.2 Å². The first-order valence-corrected chi connectivity index (χ1v) is 8.73. The van der Waals surface area contributed by atoms with E-state index in [1.807, 2.05) is 13.1 Å². The largest absolute Gasteiger partial charge is 0.384 e. The SMILES string of the molecule is CNCc1ccc(Cl)c(S(=O)(=O)N2CCC(COC)C2)c1. The van der Waals surface area contributed by atoms with Crippen molar-refractivity contribution in [2.45, 2.75) is 17.9 Å². The first kappa shape index (κ1) is 16.7. The summed E-state index contributed by atoms with van der Waals surface area (Å²) in [6, 6.07) is 5.12. The first-order chi connectivity index (χ1) is 9.98. The van der Waals surface area contributed by atoms with E-state index in [9.17, 15) is 8.42 Å². The molecule has 0 spiro atoms. The summed E-state index contributed by atoms with van der Waals surface area (Å²) in [5, 5.41) is 3.28. The second-order valence-corrected chi connectivity index (χ2v) is 7.58. The molecule has 1 aliphatic heterocycles. The van der Waals surface area contributed by atoms with Gasteiger partial charge < -0.3 is 10.1 Å². The Labute approximate surface area is 131 Å². The highest BCUT2D eigenvalue weighted by atomic mass is 35.5. The van der Waals surface area contributed by atoms with Crippen LogP contribution in [0, 0.1) is 5.92 Å². The van der Waals surface area contributed by atoms with Crippen LogP contribution in [0.4, 0.5) is 0 Å². The van der Waals surface area contributed by atoms with E-state index in [2.05, 4.69) is 5.32 Å². The van der Waals surface area contributed by atoms with Crippen molar-refractivity contribution in [3.63, 3.8) is 0 Å². The van der Waals surface area contributed by atoms with Crippen LogP contribution in [0.1, 0.15) is 12.0 Å². The van der Waals surface area contributed by atoms with Crippen molar-refractivity contribution in [3.8, 4) is 0 Å². The molecule has 1 fully saturated rings. The fourth-order valence-electron chi connectivity index (χ4n) is 2.59. The summed E-state index contributed by atoms with van der Waals surface area (Å²) in [5.74, 6) is 0.254. The van der Waals surface area contributed by atoms with Crippen LogP contribution in [0.3, 0.4) is 0 Å². The van der Waals surface area contributed by atoms with Gasteiger partial charge in [-0.05, 0) is 37.1 Å². The van der Waals surface area contributed by atoms with Gasteiger partial charge in [-0.3, -0.25) is 0 Å². The van der Waals surface area contributed by atoms with E-state index in [1.165, 1.54) is 4.31 Å². The Morgan fingerprint density at radius 3 is 2.90 bits per heavy atom. The molecule has 1 atom stereocenters. The Balaban J connectivity index is 2.25. The summed E-state index contributed by atoms with van der Waals surface area (Å²) in [6.07, 6.45) is 0.820. The van der Waals surface area contributed by atoms with Crippen LogP contribution in [-0.4, -0.2) is 46.6 Å². The van der Waals surface area contributed by atoms with E-state index in [1.54, 1.807) is 19.2 Å². The van der Waals surface area contributed by atoms with Gasteiger partial charge in [-0.2, -0.15) is 4.31 Å². The molecule has 1 aromatic rings. The number of methoxy groups -OCH3 is 1. The number of nitrogens with zero attached hydrogens (tertiary/aromatic N) is 1.